The van der Waals surface area contributed by atoms with Crippen LogP contribution in [0.4, 0.5) is 11.5 Å². The molecule has 5 aromatic rings. The number of aromatic nitrogens is 3. The minimum absolute atomic E-state index is 0.0515. The van der Waals surface area contributed by atoms with Gasteiger partial charge in [-0.2, -0.15) is 9.61 Å². The Morgan fingerprint density at radius 1 is 0.878 bits per heavy atom. The van der Waals surface area contributed by atoms with Crippen molar-refractivity contribution in [2.24, 2.45) is 0 Å². The number of carbonyl (C=O) groups excluding carboxylic acids is 1. The van der Waals surface area contributed by atoms with Gasteiger partial charge in [0, 0.05) is 19.3 Å². The summed E-state index contributed by atoms with van der Waals surface area (Å²) in [5.74, 6) is -0.0330. The fourth-order valence-corrected chi connectivity index (χ4v) is 5.23. The van der Waals surface area contributed by atoms with Crippen LogP contribution in [0, 0.1) is 0 Å². The molecule has 41 heavy (non-hydrogen) atoms. The molecule has 0 bridgehead atoms. The maximum Gasteiger partial charge on any atom is 0.341 e. The van der Waals surface area contributed by atoms with Crippen LogP contribution in [0.5, 0.6) is 5.75 Å². The first kappa shape index (κ1) is 26.1. The highest BCUT2D eigenvalue weighted by Gasteiger charge is 2.28. The summed E-state index contributed by atoms with van der Waals surface area (Å²) in [6.45, 7) is 1.57. The Morgan fingerprint density at radius 3 is 2.29 bits per heavy atom. The molecule has 9 heteroatoms. The summed E-state index contributed by atoms with van der Waals surface area (Å²) in [6, 6.07) is 27.6. The molecule has 0 unspecified atom stereocenters. The van der Waals surface area contributed by atoms with Crippen LogP contribution >= 0.6 is 0 Å². The summed E-state index contributed by atoms with van der Waals surface area (Å²) >= 11 is 0. The summed E-state index contributed by atoms with van der Waals surface area (Å²) in [5.41, 5.74) is 3.30. The second-order valence-electron chi connectivity index (χ2n) is 9.99. The molecule has 9 nitrogen and oxygen atoms in total. The number of benzene rings is 3. The van der Waals surface area contributed by atoms with Crippen LogP contribution < -0.4 is 10.1 Å². The summed E-state index contributed by atoms with van der Waals surface area (Å²) < 4.78 is 7.50. The number of hydrogen-bond donors (Lipinski definition) is 2. The predicted molar refractivity (Wildman–Crippen MR) is 155 cm³/mol. The lowest BCUT2D eigenvalue weighted by molar-refractivity contribution is 0.0695. The highest BCUT2D eigenvalue weighted by atomic mass is 16.5. The van der Waals surface area contributed by atoms with E-state index >= 15 is 0 Å². The third-order valence-electron chi connectivity index (χ3n) is 7.42. The van der Waals surface area contributed by atoms with E-state index < -0.39 is 5.97 Å². The number of para-hydroxylation sites is 2. The molecule has 1 fully saturated rings. The molecule has 3 heterocycles. The Balaban J connectivity index is 1.31. The van der Waals surface area contributed by atoms with Gasteiger partial charge in [0.05, 0.1) is 11.9 Å². The first-order valence-electron chi connectivity index (χ1n) is 13.6. The van der Waals surface area contributed by atoms with Crippen molar-refractivity contribution in [2.45, 2.75) is 25.4 Å². The molecule has 2 N–H and O–H groups in total. The van der Waals surface area contributed by atoms with Crippen molar-refractivity contribution in [1.29, 1.82) is 0 Å². The Kier molecular flexibility index (Phi) is 7.32. The van der Waals surface area contributed by atoms with Crippen molar-refractivity contribution in [3.05, 3.63) is 120 Å². The molecule has 0 aliphatic carbocycles. The highest BCUT2D eigenvalue weighted by molar-refractivity contribution is 6.01. The minimum Gasteiger partial charge on any atom is -0.487 e. The molecule has 1 aliphatic heterocycles. The van der Waals surface area contributed by atoms with Crippen molar-refractivity contribution in [3.8, 4) is 5.75 Å². The van der Waals surface area contributed by atoms with Gasteiger partial charge in [0.25, 0.3) is 5.91 Å². The molecular weight excluding hydrogens is 518 g/mol. The van der Waals surface area contributed by atoms with Gasteiger partial charge in [-0.15, -0.1) is 0 Å². The molecule has 0 atom stereocenters. The number of carboxylic acids is 1. The smallest absolute Gasteiger partial charge is 0.341 e. The lowest BCUT2D eigenvalue weighted by atomic mass is 9.89. The van der Waals surface area contributed by atoms with Crippen LogP contribution in [0.15, 0.2) is 97.3 Å². The molecular formula is C32H29N5O4. The van der Waals surface area contributed by atoms with Gasteiger partial charge in [-0.25, -0.2) is 9.78 Å². The number of nitrogens with zero attached hydrogens (tertiary/aromatic N) is 4. The van der Waals surface area contributed by atoms with Crippen LogP contribution in [0.1, 0.15) is 50.6 Å². The molecule has 2 aromatic heterocycles. The summed E-state index contributed by atoms with van der Waals surface area (Å²) in [4.78, 5) is 31.9. The van der Waals surface area contributed by atoms with Crippen LogP contribution in [-0.2, 0) is 6.61 Å². The SMILES string of the molecule is O=C(O)c1cnn2c(Nc3ccccc3OCc3ccccc3)c(C(=O)N3CCC(c4ccccc4)CC3)cnc12. The van der Waals surface area contributed by atoms with E-state index in [1.807, 2.05) is 77.7 Å². The molecule has 1 aliphatic rings. The molecule has 206 valence electrons. The number of anilines is 2. The Morgan fingerprint density at radius 2 is 1.56 bits per heavy atom. The summed E-state index contributed by atoms with van der Waals surface area (Å²) in [7, 11) is 0. The largest absolute Gasteiger partial charge is 0.487 e. The van der Waals surface area contributed by atoms with Crippen molar-refractivity contribution in [1.82, 2.24) is 19.5 Å². The first-order chi connectivity index (χ1) is 20.1. The zero-order valence-corrected chi connectivity index (χ0v) is 22.3. The van der Waals surface area contributed by atoms with Crippen molar-refractivity contribution in [2.75, 3.05) is 18.4 Å². The fraction of sp³-hybridized carbons (Fsp3) is 0.188. The van der Waals surface area contributed by atoms with Crippen molar-refractivity contribution >= 4 is 29.0 Å². The van der Waals surface area contributed by atoms with Gasteiger partial charge in [-0.1, -0.05) is 72.8 Å². The third kappa shape index (κ3) is 5.47. The van der Waals surface area contributed by atoms with E-state index in [1.165, 1.54) is 22.5 Å². The summed E-state index contributed by atoms with van der Waals surface area (Å²) in [5, 5.41) is 17.3. The number of nitrogens with one attached hydrogen (secondary N) is 1. The van der Waals surface area contributed by atoms with Crippen molar-refractivity contribution in [3.63, 3.8) is 0 Å². The van der Waals surface area contributed by atoms with E-state index in [1.54, 1.807) is 0 Å². The van der Waals surface area contributed by atoms with Gasteiger partial charge < -0.3 is 20.1 Å². The monoisotopic (exact) mass is 547 g/mol. The van der Waals surface area contributed by atoms with E-state index in [-0.39, 0.29) is 17.1 Å². The quantitative estimate of drug-likeness (QED) is 0.254. The number of carboxylic acid groups (broad SMARTS) is 1. The van der Waals surface area contributed by atoms with Gasteiger partial charge >= 0.3 is 5.97 Å². The number of hydrogen-bond acceptors (Lipinski definition) is 6. The van der Waals surface area contributed by atoms with Crippen LogP contribution in [0.25, 0.3) is 5.65 Å². The second kappa shape index (κ2) is 11.5. The van der Waals surface area contributed by atoms with Gasteiger partial charge in [0.1, 0.15) is 29.3 Å². The average Bonchev–Trinajstić information content (AvgIpc) is 3.47. The van der Waals surface area contributed by atoms with Crippen LogP contribution in [0.3, 0.4) is 0 Å². The Bertz CT molecular complexity index is 1680. The molecule has 0 saturated carbocycles. The fourth-order valence-electron chi connectivity index (χ4n) is 5.23. The molecule has 6 rings (SSSR count). The van der Waals surface area contributed by atoms with Crippen LogP contribution in [-0.4, -0.2) is 49.6 Å². The number of fused-ring (bicyclic) bond motifs is 1. The van der Waals surface area contributed by atoms with E-state index in [2.05, 4.69) is 27.5 Å². The average molecular weight is 548 g/mol. The normalized spacial score (nSPS) is 13.7. The maximum atomic E-state index is 13.9. The van der Waals surface area contributed by atoms with E-state index in [9.17, 15) is 14.7 Å². The third-order valence-corrected chi connectivity index (χ3v) is 7.42. The van der Waals surface area contributed by atoms with Gasteiger partial charge in [-0.3, -0.25) is 4.79 Å². The number of likely N-dealkylation sites (tertiary alicyclic amines) is 1. The topological polar surface area (TPSA) is 109 Å². The van der Waals surface area contributed by atoms with Gasteiger partial charge in [-0.05, 0) is 42.0 Å². The van der Waals surface area contributed by atoms with Crippen molar-refractivity contribution < 1.29 is 19.4 Å². The summed E-state index contributed by atoms with van der Waals surface area (Å²) in [6.07, 6.45) is 4.39. The number of piperidine rings is 1. The van der Waals surface area contributed by atoms with E-state index in [0.717, 1.165) is 18.4 Å². The molecule has 1 saturated heterocycles. The predicted octanol–water partition coefficient (Wildman–Crippen LogP) is 5.77. The molecule has 1 amide bonds. The molecule has 0 radical (unpaired) electrons. The molecule has 0 spiro atoms. The lowest BCUT2D eigenvalue weighted by Gasteiger charge is -2.32. The number of rotatable bonds is 8. The van der Waals surface area contributed by atoms with E-state index in [4.69, 9.17) is 4.74 Å². The van der Waals surface area contributed by atoms with Gasteiger partial charge in [0.2, 0.25) is 0 Å². The number of ether oxygens (including phenoxy) is 1. The maximum absolute atomic E-state index is 13.9. The van der Waals surface area contributed by atoms with Crippen LogP contribution in [0.2, 0.25) is 0 Å². The zero-order valence-electron chi connectivity index (χ0n) is 22.3. The number of carbonyl (C=O) groups is 2. The highest BCUT2D eigenvalue weighted by Crippen LogP contribution is 2.33. The zero-order chi connectivity index (χ0) is 28.2. The standard InChI is InChI=1S/C32H29N5O4/c38-31(36-17-15-24(16-18-36)23-11-5-2-6-12-23)25-19-33-29-26(32(39)40)20-34-37(29)30(25)35-27-13-7-8-14-28(27)41-21-22-9-3-1-4-10-22/h1-14,19-20,24,35H,15-18,21H2,(H,39,40). The minimum atomic E-state index is -1.15. The van der Waals surface area contributed by atoms with Gasteiger partial charge in [0.15, 0.2) is 5.65 Å². The first-order valence-corrected chi connectivity index (χ1v) is 13.6. The number of aromatic carboxylic acids is 1. The molecule has 3 aromatic carbocycles. The number of amides is 1. The Labute approximate surface area is 237 Å². The Hall–Kier alpha value is -5.18. The second-order valence-corrected chi connectivity index (χ2v) is 9.99. The lowest BCUT2D eigenvalue weighted by Crippen LogP contribution is -2.38. The van der Waals surface area contributed by atoms with E-state index in [0.29, 0.717) is 48.4 Å².